The van der Waals surface area contributed by atoms with Crippen molar-refractivity contribution < 1.29 is 22.8 Å². The van der Waals surface area contributed by atoms with Crippen molar-refractivity contribution in [2.24, 2.45) is 5.84 Å². The van der Waals surface area contributed by atoms with Crippen LogP contribution in [0.3, 0.4) is 0 Å². The zero-order valence-corrected chi connectivity index (χ0v) is 12.8. The molecule has 0 atom stereocenters. The van der Waals surface area contributed by atoms with Gasteiger partial charge in [-0.05, 0) is 18.4 Å². The average molecular weight is 361 g/mol. The molecule has 0 spiro atoms. The molecule has 10 heteroatoms. The molecule has 0 aliphatic rings. The fourth-order valence-corrected chi connectivity index (χ4v) is 2.44. The molecule has 21 heavy (non-hydrogen) atoms. The van der Waals surface area contributed by atoms with Crippen LogP contribution in [0.2, 0.25) is 10.0 Å². The molecular weight excluding hydrogens is 352 g/mol. The summed E-state index contributed by atoms with van der Waals surface area (Å²) in [5.74, 6) is 3.37. The van der Waals surface area contributed by atoms with Crippen molar-refractivity contribution in [3.8, 4) is 0 Å². The zero-order chi connectivity index (χ0) is 16.4. The van der Waals surface area contributed by atoms with Gasteiger partial charge < -0.3 is 0 Å². The summed E-state index contributed by atoms with van der Waals surface area (Å²) in [6.45, 7) is 0. The number of halogens is 5. The van der Waals surface area contributed by atoms with E-state index in [-0.39, 0.29) is 11.4 Å². The zero-order valence-electron chi connectivity index (χ0n) is 10.5. The number of rotatable bonds is 4. The number of hydrogen-bond acceptors (Lipinski definition) is 4. The van der Waals surface area contributed by atoms with Crippen LogP contribution in [-0.4, -0.2) is 23.7 Å². The molecule has 0 aliphatic carbocycles. The van der Waals surface area contributed by atoms with E-state index < -0.39 is 33.5 Å². The number of hydrogen-bond donors (Lipinski definition) is 1. The Kier molecular flexibility index (Phi) is 5.92. The second-order valence-electron chi connectivity index (χ2n) is 3.82. The van der Waals surface area contributed by atoms with Crippen LogP contribution < -0.4 is 10.9 Å². The Morgan fingerprint density at radius 1 is 1.29 bits per heavy atom. The lowest BCUT2D eigenvalue weighted by Gasteiger charge is -2.20. The van der Waals surface area contributed by atoms with Gasteiger partial charge in [-0.15, -0.1) is 0 Å². The number of nitrogens with zero attached hydrogens (tertiary/aromatic N) is 1. The largest absolute Gasteiger partial charge is 0.416 e. The van der Waals surface area contributed by atoms with Gasteiger partial charge in [0.15, 0.2) is 0 Å². The highest BCUT2D eigenvalue weighted by Gasteiger charge is 2.33. The number of benzene rings is 1. The van der Waals surface area contributed by atoms with Gasteiger partial charge in [0.25, 0.3) is 0 Å². The van der Waals surface area contributed by atoms with Crippen LogP contribution in [0.5, 0.6) is 0 Å². The minimum absolute atomic E-state index is 0.123. The van der Waals surface area contributed by atoms with Crippen LogP contribution in [0, 0.1) is 0 Å². The van der Waals surface area contributed by atoms with Gasteiger partial charge in [0.1, 0.15) is 0 Å². The molecule has 1 amide bonds. The summed E-state index contributed by atoms with van der Waals surface area (Å²) in [7, 11) is 0. The van der Waals surface area contributed by atoms with Gasteiger partial charge in [0, 0.05) is 0 Å². The van der Waals surface area contributed by atoms with E-state index in [0.717, 1.165) is 11.8 Å². The maximum Gasteiger partial charge on any atom is 0.416 e. The molecule has 1 aromatic rings. The minimum atomic E-state index is -4.65. The van der Waals surface area contributed by atoms with Crippen LogP contribution in [0.25, 0.3) is 0 Å². The van der Waals surface area contributed by atoms with Gasteiger partial charge in [0.05, 0.1) is 27.0 Å². The van der Waals surface area contributed by atoms with Crippen molar-refractivity contribution in [2.75, 3.05) is 17.0 Å². The van der Waals surface area contributed by atoms with E-state index in [4.69, 9.17) is 29.0 Å². The molecule has 0 aliphatic heterocycles. The third-order valence-corrected chi connectivity index (χ3v) is 3.44. The van der Waals surface area contributed by atoms with Gasteiger partial charge in [-0.1, -0.05) is 23.2 Å². The van der Waals surface area contributed by atoms with E-state index in [1.165, 1.54) is 0 Å². The van der Waals surface area contributed by atoms with Crippen molar-refractivity contribution in [3.63, 3.8) is 0 Å². The minimum Gasteiger partial charge on any atom is -0.288 e. The smallest absolute Gasteiger partial charge is 0.288 e. The monoisotopic (exact) mass is 360 g/mol. The first-order valence-electron chi connectivity index (χ1n) is 5.26. The number of carbonyl (C=O) groups is 2. The second kappa shape index (κ2) is 6.87. The highest BCUT2D eigenvalue weighted by Crippen LogP contribution is 2.39. The summed E-state index contributed by atoms with van der Waals surface area (Å²) < 4.78 is 37.7. The SMILES string of the molecule is CSCC(=O)C(=O)N(N)c1c(Cl)cc(C(F)(F)F)cc1Cl. The van der Waals surface area contributed by atoms with Crippen molar-refractivity contribution in [2.45, 2.75) is 6.18 Å². The Bertz CT molecular complexity index is 558. The third kappa shape index (κ3) is 4.26. The highest BCUT2D eigenvalue weighted by molar-refractivity contribution is 7.99. The Labute approximate surface area is 132 Å². The van der Waals surface area contributed by atoms with E-state index in [1.807, 2.05) is 0 Å². The predicted molar refractivity (Wildman–Crippen MR) is 76.5 cm³/mol. The third-order valence-electron chi connectivity index (χ3n) is 2.32. The summed E-state index contributed by atoms with van der Waals surface area (Å²) in [4.78, 5) is 23.2. The summed E-state index contributed by atoms with van der Waals surface area (Å²) in [6, 6.07) is 1.16. The van der Waals surface area contributed by atoms with Gasteiger partial charge in [0.2, 0.25) is 5.78 Å². The molecule has 0 heterocycles. The quantitative estimate of drug-likeness (QED) is 0.387. The average Bonchev–Trinajstić information content (AvgIpc) is 2.35. The first kappa shape index (κ1) is 18.1. The maximum atomic E-state index is 12.6. The number of thioether (sulfide) groups is 1. The lowest BCUT2D eigenvalue weighted by Crippen LogP contribution is -2.43. The predicted octanol–water partition coefficient (Wildman–Crippen LogP) is 3.15. The fraction of sp³-hybridized carbons (Fsp3) is 0.273. The van der Waals surface area contributed by atoms with Crippen LogP contribution in [0.4, 0.5) is 18.9 Å². The molecule has 4 nitrogen and oxygen atoms in total. The van der Waals surface area contributed by atoms with E-state index in [2.05, 4.69) is 0 Å². The molecule has 0 radical (unpaired) electrons. The number of carbonyl (C=O) groups excluding carboxylic acids is 2. The number of alkyl halides is 3. The molecular formula is C11H9Cl2F3N2O2S. The van der Waals surface area contributed by atoms with Crippen LogP contribution in [-0.2, 0) is 15.8 Å². The van der Waals surface area contributed by atoms with Crippen molar-refractivity contribution >= 4 is 52.3 Å². The number of Topliss-reactive ketones (excluding diaryl/α,β-unsaturated/α-hetero) is 1. The topological polar surface area (TPSA) is 63.4 Å². The molecule has 0 saturated carbocycles. The van der Waals surface area contributed by atoms with Gasteiger partial charge >= 0.3 is 12.1 Å². The number of ketones is 1. The number of anilines is 1. The molecule has 0 aromatic heterocycles. The molecule has 0 saturated heterocycles. The lowest BCUT2D eigenvalue weighted by molar-refractivity contribution is -0.137. The van der Waals surface area contributed by atoms with E-state index in [9.17, 15) is 22.8 Å². The number of amides is 1. The highest BCUT2D eigenvalue weighted by atomic mass is 35.5. The molecule has 1 rings (SSSR count). The summed E-state index contributed by atoms with van der Waals surface area (Å²) in [5, 5.41) is -0.617. The summed E-state index contributed by atoms with van der Waals surface area (Å²) in [6.07, 6.45) is -3.05. The standard InChI is InChI=1S/C11H9Cl2F3N2O2S/c1-21-4-8(19)10(20)18(17)9-6(12)2-5(3-7(9)13)11(14,15)16/h2-3H,4,17H2,1H3. The normalized spacial score (nSPS) is 11.4. The molecule has 0 fully saturated rings. The van der Waals surface area contributed by atoms with Gasteiger partial charge in [-0.3, -0.25) is 9.59 Å². The first-order chi connectivity index (χ1) is 9.59. The summed E-state index contributed by atoms with van der Waals surface area (Å²) in [5.41, 5.74) is -1.44. The van der Waals surface area contributed by atoms with Gasteiger partial charge in [-0.25, -0.2) is 10.9 Å². The second-order valence-corrected chi connectivity index (χ2v) is 5.50. The first-order valence-corrected chi connectivity index (χ1v) is 7.41. The van der Waals surface area contributed by atoms with Crippen LogP contribution in [0.15, 0.2) is 12.1 Å². The Morgan fingerprint density at radius 2 is 1.76 bits per heavy atom. The number of hydrazine groups is 1. The Balaban J connectivity index is 3.20. The van der Waals surface area contributed by atoms with Crippen LogP contribution in [0.1, 0.15) is 5.56 Å². The van der Waals surface area contributed by atoms with Crippen molar-refractivity contribution in [1.82, 2.24) is 0 Å². The van der Waals surface area contributed by atoms with Crippen molar-refractivity contribution in [1.29, 1.82) is 0 Å². The molecule has 1 aromatic carbocycles. The van der Waals surface area contributed by atoms with Gasteiger partial charge in [-0.2, -0.15) is 24.9 Å². The lowest BCUT2D eigenvalue weighted by atomic mass is 10.2. The molecule has 116 valence electrons. The summed E-state index contributed by atoms with van der Waals surface area (Å²) >= 11 is 12.5. The van der Waals surface area contributed by atoms with E-state index in [1.54, 1.807) is 6.26 Å². The Morgan fingerprint density at radius 3 is 2.14 bits per heavy atom. The number of nitrogens with two attached hydrogens (primary N) is 1. The molecule has 0 unspecified atom stereocenters. The Hall–Kier alpha value is -0.960. The molecule has 0 bridgehead atoms. The maximum absolute atomic E-state index is 12.6. The van der Waals surface area contributed by atoms with Crippen molar-refractivity contribution in [3.05, 3.63) is 27.7 Å². The van der Waals surface area contributed by atoms with E-state index in [0.29, 0.717) is 17.1 Å². The molecule has 2 N–H and O–H groups in total. The van der Waals surface area contributed by atoms with Crippen LogP contribution >= 0.6 is 35.0 Å². The fourth-order valence-electron chi connectivity index (χ4n) is 1.39. The van der Waals surface area contributed by atoms with E-state index >= 15 is 0 Å².